The highest BCUT2D eigenvalue weighted by Crippen LogP contribution is 2.17. The van der Waals surface area contributed by atoms with Gasteiger partial charge in [0.25, 0.3) is 0 Å². The summed E-state index contributed by atoms with van der Waals surface area (Å²) in [6, 6.07) is 0. The van der Waals surface area contributed by atoms with Crippen molar-refractivity contribution < 1.29 is 28.6 Å². The van der Waals surface area contributed by atoms with Gasteiger partial charge in [-0.1, -0.05) is 208 Å². The van der Waals surface area contributed by atoms with Gasteiger partial charge in [-0.3, -0.25) is 14.4 Å². The Balaban J connectivity index is 4.20. The van der Waals surface area contributed by atoms with Crippen LogP contribution in [0.4, 0.5) is 0 Å². The van der Waals surface area contributed by atoms with Crippen LogP contribution < -0.4 is 0 Å². The number of carbonyl (C=O) groups excluding carboxylic acids is 3. The van der Waals surface area contributed by atoms with Gasteiger partial charge in [0.2, 0.25) is 0 Å². The topological polar surface area (TPSA) is 78.9 Å². The van der Waals surface area contributed by atoms with Crippen LogP contribution in [-0.2, 0) is 28.6 Å². The van der Waals surface area contributed by atoms with E-state index in [4.69, 9.17) is 14.2 Å². The molecule has 308 valence electrons. The molecule has 2 atom stereocenters. The molecular weight excluding hydrogens is 649 g/mol. The zero-order valence-electron chi connectivity index (χ0n) is 35.4. The van der Waals surface area contributed by atoms with E-state index < -0.39 is 6.10 Å². The second-order valence-electron chi connectivity index (χ2n) is 16.4. The van der Waals surface area contributed by atoms with Gasteiger partial charge in [0.05, 0.1) is 0 Å². The smallest absolute Gasteiger partial charge is 0.306 e. The average Bonchev–Trinajstić information content (AvgIpc) is 3.12. The zero-order valence-corrected chi connectivity index (χ0v) is 35.4. The van der Waals surface area contributed by atoms with Gasteiger partial charge >= 0.3 is 17.9 Å². The van der Waals surface area contributed by atoms with E-state index in [1.54, 1.807) is 0 Å². The molecule has 0 heterocycles. The van der Waals surface area contributed by atoms with E-state index in [1.807, 2.05) is 0 Å². The second kappa shape index (κ2) is 39.1. The van der Waals surface area contributed by atoms with Crippen LogP contribution in [0.1, 0.15) is 247 Å². The molecular formula is C46H88O6. The first-order valence-electron chi connectivity index (χ1n) is 22.8. The molecule has 0 N–H and O–H groups in total. The summed E-state index contributed by atoms with van der Waals surface area (Å²) in [6.45, 7) is 11.3. The van der Waals surface area contributed by atoms with Crippen LogP contribution in [0.5, 0.6) is 0 Å². The number of hydrogen-bond donors (Lipinski definition) is 0. The third kappa shape index (κ3) is 38.1. The maximum absolute atomic E-state index is 12.6. The molecule has 52 heavy (non-hydrogen) atoms. The summed E-state index contributed by atoms with van der Waals surface area (Å²) in [7, 11) is 0. The van der Waals surface area contributed by atoms with Crippen LogP contribution in [0.2, 0.25) is 0 Å². The monoisotopic (exact) mass is 737 g/mol. The number of ether oxygens (including phenoxy) is 3. The Kier molecular flexibility index (Phi) is 37.9. The predicted molar refractivity (Wildman–Crippen MR) is 220 cm³/mol. The minimum atomic E-state index is -0.759. The normalized spacial score (nSPS) is 12.6. The number of carbonyl (C=O) groups is 3. The molecule has 0 saturated heterocycles. The Hall–Kier alpha value is -1.59. The summed E-state index contributed by atoms with van der Waals surface area (Å²) in [5, 5.41) is 0. The molecule has 0 aromatic heterocycles. The Morgan fingerprint density at radius 3 is 1.10 bits per heavy atom. The van der Waals surface area contributed by atoms with E-state index >= 15 is 0 Å². The highest BCUT2D eigenvalue weighted by molar-refractivity contribution is 5.71. The zero-order chi connectivity index (χ0) is 38.3. The second-order valence-corrected chi connectivity index (χ2v) is 16.4. The summed E-state index contributed by atoms with van der Waals surface area (Å²) < 4.78 is 16.6. The fourth-order valence-corrected chi connectivity index (χ4v) is 6.72. The average molecular weight is 737 g/mol. The van der Waals surface area contributed by atoms with Crippen molar-refractivity contribution in [3.63, 3.8) is 0 Å². The van der Waals surface area contributed by atoms with Gasteiger partial charge in [-0.2, -0.15) is 0 Å². The van der Waals surface area contributed by atoms with Gasteiger partial charge in [0.1, 0.15) is 13.2 Å². The third-order valence-electron chi connectivity index (χ3n) is 10.6. The van der Waals surface area contributed by atoms with Crippen molar-refractivity contribution in [1.29, 1.82) is 0 Å². The lowest BCUT2D eigenvalue weighted by Crippen LogP contribution is -2.30. The van der Waals surface area contributed by atoms with Gasteiger partial charge in [0.15, 0.2) is 6.10 Å². The number of unbranched alkanes of at least 4 members (excludes halogenated alkanes) is 24. The van der Waals surface area contributed by atoms with E-state index in [-0.39, 0.29) is 31.1 Å². The lowest BCUT2D eigenvalue weighted by Gasteiger charge is -2.18. The number of hydrogen-bond acceptors (Lipinski definition) is 6. The van der Waals surface area contributed by atoms with Crippen molar-refractivity contribution in [3.8, 4) is 0 Å². The summed E-state index contributed by atoms with van der Waals surface area (Å²) in [4.78, 5) is 37.5. The van der Waals surface area contributed by atoms with Gasteiger partial charge in [-0.05, 0) is 31.1 Å². The molecule has 0 aromatic rings. The maximum Gasteiger partial charge on any atom is 0.306 e. The first kappa shape index (κ1) is 50.4. The molecule has 0 amide bonds. The van der Waals surface area contributed by atoms with Crippen LogP contribution in [0.3, 0.4) is 0 Å². The van der Waals surface area contributed by atoms with Crippen molar-refractivity contribution in [3.05, 3.63) is 0 Å². The third-order valence-corrected chi connectivity index (χ3v) is 10.6. The molecule has 0 fully saturated rings. The van der Waals surface area contributed by atoms with E-state index in [1.165, 1.54) is 135 Å². The van der Waals surface area contributed by atoms with Crippen LogP contribution in [0.15, 0.2) is 0 Å². The molecule has 0 bridgehead atoms. The van der Waals surface area contributed by atoms with Crippen molar-refractivity contribution in [2.45, 2.75) is 253 Å². The highest BCUT2D eigenvalue weighted by Gasteiger charge is 2.19. The van der Waals surface area contributed by atoms with Gasteiger partial charge < -0.3 is 14.2 Å². The lowest BCUT2D eigenvalue weighted by atomic mass is 10.00. The van der Waals surface area contributed by atoms with E-state index in [2.05, 4.69) is 34.6 Å². The Morgan fingerprint density at radius 2 is 0.731 bits per heavy atom. The van der Waals surface area contributed by atoms with E-state index in [0.29, 0.717) is 19.3 Å². The number of rotatable bonds is 40. The molecule has 6 nitrogen and oxygen atoms in total. The molecule has 0 aliphatic carbocycles. The van der Waals surface area contributed by atoms with E-state index in [0.717, 1.165) is 69.6 Å². The van der Waals surface area contributed by atoms with Crippen LogP contribution >= 0.6 is 0 Å². The molecule has 0 aromatic carbocycles. The molecule has 0 spiro atoms. The van der Waals surface area contributed by atoms with Crippen molar-refractivity contribution in [2.75, 3.05) is 13.2 Å². The fourth-order valence-electron chi connectivity index (χ4n) is 6.72. The first-order valence-corrected chi connectivity index (χ1v) is 22.8. The summed E-state index contributed by atoms with van der Waals surface area (Å²) in [5.74, 6) is 0.793. The van der Waals surface area contributed by atoms with Gasteiger partial charge in [0, 0.05) is 19.3 Å². The molecule has 1 unspecified atom stereocenters. The summed E-state index contributed by atoms with van der Waals surface area (Å²) >= 11 is 0. The van der Waals surface area contributed by atoms with Gasteiger partial charge in [-0.15, -0.1) is 0 Å². The predicted octanol–water partition coefficient (Wildman–Crippen LogP) is 14.2. The van der Waals surface area contributed by atoms with Crippen molar-refractivity contribution in [2.24, 2.45) is 11.8 Å². The molecule has 0 aliphatic heterocycles. The molecule has 0 saturated carbocycles. The number of esters is 3. The Morgan fingerprint density at radius 1 is 0.404 bits per heavy atom. The quantitative estimate of drug-likeness (QED) is 0.0354. The molecule has 0 rings (SSSR count). The van der Waals surface area contributed by atoms with Crippen LogP contribution in [0.25, 0.3) is 0 Å². The lowest BCUT2D eigenvalue weighted by molar-refractivity contribution is -0.167. The van der Waals surface area contributed by atoms with Crippen LogP contribution in [-0.4, -0.2) is 37.2 Å². The first-order chi connectivity index (χ1) is 25.3. The Bertz CT molecular complexity index is 796. The molecule has 6 heteroatoms. The largest absolute Gasteiger partial charge is 0.462 e. The standard InChI is InChI=1S/C46H88O6/c1-6-8-9-10-19-28-33-38-46(49)52-43(40-51-45(48)37-32-27-23-22-25-30-35-42(5)7-2)39-50-44(47)36-31-26-21-18-16-14-12-11-13-15-17-20-24-29-34-41(3)4/h41-43H,6-40H2,1-5H3/t42?,43-/m0/s1. The SMILES string of the molecule is CCCCCCCCCC(=O)O[C@@H](COC(=O)CCCCCCCCCCCCCCCCC(C)C)COC(=O)CCCCCCCCC(C)CC. The van der Waals surface area contributed by atoms with E-state index in [9.17, 15) is 14.4 Å². The highest BCUT2D eigenvalue weighted by atomic mass is 16.6. The molecule has 0 radical (unpaired) electrons. The van der Waals surface area contributed by atoms with Crippen LogP contribution in [0, 0.1) is 11.8 Å². The minimum absolute atomic E-state index is 0.0658. The maximum atomic E-state index is 12.6. The summed E-state index contributed by atoms with van der Waals surface area (Å²) in [5.41, 5.74) is 0. The summed E-state index contributed by atoms with van der Waals surface area (Å²) in [6.07, 6.45) is 36.7. The van der Waals surface area contributed by atoms with Crippen molar-refractivity contribution in [1.82, 2.24) is 0 Å². The molecule has 0 aliphatic rings. The Labute approximate surface area is 323 Å². The minimum Gasteiger partial charge on any atom is -0.462 e. The van der Waals surface area contributed by atoms with Gasteiger partial charge in [-0.25, -0.2) is 0 Å². The van der Waals surface area contributed by atoms with Crippen molar-refractivity contribution >= 4 is 17.9 Å². The fraction of sp³-hybridized carbons (Fsp3) is 0.935.